The Labute approximate surface area is 102 Å². The van der Waals surface area contributed by atoms with Crippen LogP contribution in [0.1, 0.15) is 25.8 Å². The molecule has 0 aliphatic carbocycles. The van der Waals surface area contributed by atoms with Crippen molar-refractivity contribution in [2.45, 2.75) is 25.6 Å². The maximum absolute atomic E-state index is 3.53. The van der Waals surface area contributed by atoms with E-state index in [1.54, 1.807) is 0 Å². The third kappa shape index (κ3) is 3.53. The molecule has 84 valence electrons. The van der Waals surface area contributed by atoms with Crippen LogP contribution >= 0.6 is 15.9 Å². The van der Waals surface area contributed by atoms with Gasteiger partial charge in [-0.05, 0) is 17.5 Å². The van der Waals surface area contributed by atoms with Crippen molar-refractivity contribution in [1.29, 1.82) is 0 Å². The molecule has 1 nitrogen and oxygen atoms in total. The molecule has 0 saturated heterocycles. The average molecular weight is 270 g/mol. The van der Waals surface area contributed by atoms with Crippen LogP contribution in [-0.4, -0.2) is 13.6 Å². The van der Waals surface area contributed by atoms with Crippen molar-refractivity contribution in [3.05, 3.63) is 29.8 Å². The minimum atomic E-state index is 0.749. The highest BCUT2D eigenvalue weighted by atomic mass is 79.9. The Morgan fingerprint density at radius 1 is 1.33 bits per heavy atom. The predicted molar refractivity (Wildman–Crippen MR) is 71.8 cm³/mol. The Balaban J connectivity index is 2.76. The number of para-hydroxylation sites is 1. The molecule has 1 aromatic rings. The van der Waals surface area contributed by atoms with Gasteiger partial charge in [-0.3, -0.25) is 0 Å². The number of nitrogens with zero attached hydrogens (tertiary/aromatic N) is 1. The monoisotopic (exact) mass is 269 g/mol. The molecule has 2 heteroatoms. The van der Waals surface area contributed by atoms with Gasteiger partial charge in [-0.25, -0.2) is 0 Å². The van der Waals surface area contributed by atoms with Gasteiger partial charge in [-0.15, -0.1) is 0 Å². The lowest BCUT2D eigenvalue weighted by Crippen LogP contribution is -2.24. The molecular formula is C13H20BrN. The second kappa shape index (κ2) is 6.16. The SMILES string of the molecule is CCC(C)CN(C)c1ccccc1CBr. The van der Waals surface area contributed by atoms with Crippen LogP contribution in [0.3, 0.4) is 0 Å². The van der Waals surface area contributed by atoms with Crippen LogP contribution in [0.15, 0.2) is 24.3 Å². The van der Waals surface area contributed by atoms with Crippen LogP contribution in [-0.2, 0) is 5.33 Å². The van der Waals surface area contributed by atoms with E-state index in [-0.39, 0.29) is 0 Å². The maximum atomic E-state index is 3.53. The average Bonchev–Trinajstić information content (AvgIpc) is 2.28. The second-order valence-electron chi connectivity index (χ2n) is 4.16. The van der Waals surface area contributed by atoms with Gasteiger partial charge in [0.05, 0.1) is 0 Å². The van der Waals surface area contributed by atoms with E-state index in [4.69, 9.17) is 0 Å². The Kier molecular flexibility index (Phi) is 5.16. The van der Waals surface area contributed by atoms with Gasteiger partial charge >= 0.3 is 0 Å². The first kappa shape index (κ1) is 12.6. The summed E-state index contributed by atoms with van der Waals surface area (Å²) in [6.45, 7) is 5.67. The standard InChI is InChI=1S/C13H20BrN/c1-4-11(2)10-15(3)13-8-6-5-7-12(13)9-14/h5-8,11H,4,9-10H2,1-3H3. The van der Waals surface area contributed by atoms with Crippen LogP contribution < -0.4 is 4.90 Å². The minimum Gasteiger partial charge on any atom is -0.374 e. The summed E-state index contributed by atoms with van der Waals surface area (Å²) in [6, 6.07) is 8.57. The molecule has 0 heterocycles. The first-order valence-electron chi connectivity index (χ1n) is 5.54. The van der Waals surface area contributed by atoms with Crippen molar-refractivity contribution in [1.82, 2.24) is 0 Å². The van der Waals surface area contributed by atoms with Crippen molar-refractivity contribution in [2.75, 3.05) is 18.5 Å². The fourth-order valence-corrected chi connectivity index (χ4v) is 2.17. The summed E-state index contributed by atoms with van der Waals surface area (Å²) in [5.74, 6) is 0.749. The van der Waals surface area contributed by atoms with Gasteiger partial charge in [0, 0.05) is 24.6 Å². The van der Waals surface area contributed by atoms with E-state index in [0.717, 1.165) is 17.8 Å². The first-order valence-corrected chi connectivity index (χ1v) is 6.66. The number of rotatable bonds is 5. The summed E-state index contributed by atoms with van der Waals surface area (Å²) in [5.41, 5.74) is 2.71. The topological polar surface area (TPSA) is 3.24 Å². The van der Waals surface area contributed by atoms with Crippen molar-refractivity contribution in [2.24, 2.45) is 5.92 Å². The fraction of sp³-hybridized carbons (Fsp3) is 0.538. The molecule has 0 aromatic heterocycles. The predicted octanol–water partition coefficient (Wildman–Crippen LogP) is 4.06. The molecule has 1 unspecified atom stereocenters. The number of hydrogen-bond acceptors (Lipinski definition) is 1. The lowest BCUT2D eigenvalue weighted by atomic mass is 10.1. The lowest BCUT2D eigenvalue weighted by molar-refractivity contribution is 0.559. The molecular weight excluding hydrogens is 250 g/mol. The van der Waals surface area contributed by atoms with Crippen LogP contribution in [0.5, 0.6) is 0 Å². The van der Waals surface area contributed by atoms with Gasteiger partial charge in [0.2, 0.25) is 0 Å². The smallest absolute Gasteiger partial charge is 0.0404 e. The van der Waals surface area contributed by atoms with Crippen molar-refractivity contribution < 1.29 is 0 Å². The highest BCUT2D eigenvalue weighted by molar-refractivity contribution is 9.08. The van der Waals surface area contributed by atoms with Gasteiger partial charge in [-0.1, -0.05) is 54.4 Å². The summed E-state index contributed by atoms with van der Waals surface area (Å²) in [7, 11) is 2.17. The quantitative estimate of drug-likeness (QED) is 0.729. The molecule has 1 atom stereocenters. The molecule has 0 fully saturated rings. The van der Waals surface area contributed by atoms with Crippen LogP contribution in [0.2, 0.25) is 0 Å². The fourth-order valence-electron chi connectivity index (χ4n) is 1.69. The molecule has 0 radical (unpaired) electrons. The largest absolute Gasteiger partial charge is 0.374 e. The maximum Gasteiger partial charge on any atom is 0.0404 e. The lowest BCUT2D eigenvalue weighted by Gasteiger charge is -2.24. The number of benzene rings is 1. The number of halogens is 1. The van der Waals surface area contributed by atoms with E-state index in [1.165, 1.54) is 17.7 Å². The van der Waals surface area contributed by atoms with E-state index in [9.17, 15) is 0 Å². The zero-order valence-electron chi connectivity index (χ0n) is 9.83. The molecule has 0 aliphatic rings. The Bertz CT molecular complexity index is 298. The van der Waals surface area contributed by atoms with Gasteiger partial charge in [0.25, 0.3) is 0 Å². The van der Waals surface area contributed by atoms with Crippen molar-refractivity contribution in [3.63, 3.8) is 0 Å². The zero-order valence-corrected chi connectivity index (χ0v) is 11.4. The summed E-state index contributed by atoms with van der Waals surface area (Å²) in [5, 5.41) is 0.925. The van der Waals surface area contributed by atoms with E-state index >= 15 is 0 Å². The molecule has 0 aliphatic heterocycles. The number of alkyl halides is 1. The van der Waals surface area contributed by atoms with Gasteiger partial charge in [-0.2, -0.15) is 0 Å². The first-order chi connectivity index (χ1) is 7.19. The third-order valence-corrected chi connectivity index (χ3v) is 3.43. The highest BCUT2D eigenvalue weighted by Crippen LogP contribution is 2.22. The van der Waals surface area contributed by atoms with Crippen LogP contribution in [0.4, 0.5) is 5.69 Å². The Hall–Kier alpha value is -0.500. The van der Waals surface area contributed by atoms with E-state index in [1.807, 2.05) is 0 Å². The van der Waals surface area contributed by atoms with E-state index < -0.39 is 0 Å². The highest BCUT2D eigenvalue weighted by Gasteiger charge is 2.08. The zero-order chi connectivity index (χ0) is 11.3. The number of anilines is 1. The molecule has 0 amide bonds. The minimum absolute atomic E-state index is 0.749. The Morgan fingerprint density at radius 3 is 2.60 bits per heavy atom. The van der Waals surface area contributed by atoms with E-state index in [0.29, 0.717) is 0 Å². The third-order valence-electron chi connectivity index (χ3n) is 2.83. The molecule has 0 spiro atoms. The molecule has 0 saturated carbocycles. The normalized spacial score (nSPS) is 12.5. The Morgan fingerprint density at radius 2 is 2.00 bits per heavy atom. The number of hydrogen-bond donors (Lipinski definition) is 0. The molecule has 0 N–H and O–H groups in total. The van der Waals surface area contributed by atoms with Crippen LogP contribution in [0.25, 0.3) is 0 Å². The van der Waals surface area contributed by atoms with Crippen LogP contribution in [0, 0.1) is 5.92 Å². The van der Waals surface area contributed by atoms with E-state index in [2.05, 4.69) is 66.0 Å². The van der Waals surface area contributed by atoms with Gasteiger partial charge in [0.1, 0.15) is 0 Å². The molecule has 15 heavy (non-hydrogen) atoms. The molecule has 0 bridgehead atoms. The summed E-state index contributed by atoms with van der Waals surface area (Å²) < 4.78 is 0. The molecule has 1 aromatic carbocycles. The summed E-state index contributed by atoms with van der Waals surface area (Å²) >= 11 is 3.53. The van der Waals surface area contributed by atoms with Crippen molar-refractivity contribution >= 4 is 21.6 Å². The molecule has 1 rings (SSSR count). The van der Waals surface area contributed by atoms with Crippen molar-refractivity contribution in [3.8, 4) is 0 Å². The summed E-state index contributed by atoms with van der Waals surface area (Å²) in [6.07, 6.45) is 1.24. The van der Waals surface area contributed by atoms with Gasteiger partial charge in [0.15, 0.2) is 0 Å². The van der Waals surface area contributed by atoms with Gasteiger partial charge < -0.3 is 4.90 Å². The second-order valence-corrected chi connectivity index (χ2v) is 4.72. The summed E-state index contributed by atoms with van der Waals surface area (Å²) in [4.78, 5) is 2.35.